The molecule has 0 heterocycles. The van der Waals surface area contributed by atoms with Gasteiger partial charge in [0, 0.05) is 7.11 Å². The van der Waals surface area contributed by atoms with Crippen molar-refractivity contribution in [2.24, 2.45) is 5.73 Å². The van der Waals surface area contributed by atoms with Gasteiger partial charge in [0.05, 0.1) is 6.10 Å². The van der Waals surface area contributed by atoms with Gasteiger partial charge in [0.25, 0.3) is 0 Å². The first-order chi connectivity index (χ1) is 9.85. The minimum absolute atomic E-state index is 0.253. The SMILES string of the molecule is COC1CCC(CCCN)c2c1ccc1ccccc21. The molecule has 0 saturated heterocycles. The molecule has 2 unspecified atom stereocenters. The van der Waals surface area contributed by atoms with E-state index in [1.54, 1.807) is 0 Å². The van der Waals surface area contributed by atoms with E-state index < -0.39 is 0 Å². The second-order valence-electron chi connectivity index (χ2n) is 5.72. The maximum atomic E-state index is 5.71. The van der Waals surface area contributed by atoms with Crippen LogP contribution in [0.3, 0.4) is 0 Å². The fourth-order valence-electron chi connectivity index (χ4n) is 3.60. The van der Waals surface area contributed by atoms with Gasteiger partial charge in [0.2, 0.25) is 0 Å². The Morgan fingerprint density at radius 2 is 2.00 bits per heavy atom. The van der Waals surface area contributed by atoms with Crippen molar-refractivity contribution in [1.82, 2.24) is 0 Å². The molecule has 0 fully saturated rings. The highest BCUT2D eigenvalue weighted by Gasteiger charge is 2.28. The van der Waals surface area contributed by atoms with Crippen LogP contribution >= 0.6 is 0 Å². The van der Waals surface area contributed by atoms with Crippen LogP contribution in [-0.2, 0) is 4.74 Å². The Bertz CT molecular complexity index is 593. The van der Waals surface area contributed by atoms with Crippen molar-refractivity contribution in [3.8, 4) is 0 Å². The third-order valence-corrected chi connectivity index (χ3v) is 4.58. The quantitative estimate of drug-likeness (QED) is 0.905. The minimum Gasteiger partial charge on any atom is -0.377 e. The number of nitrogens with two attached hydrogens (primary N) is 1. The average Bonchev–Trinajstić information content (AvgIpc) is 2.52. The van der Waals surface area contributed by atoms with Crippen molar-refractivity contribution in [2.45, 2.75) is 37.7 Å². The minimum atomic E-state index is 0.253. The molecular weight excluding hydrogens is 246 g/mol. The predicted octanol–water partition coefficient (Wildman–Crippen LogP) is 4.14. The molecule has 2 N–H and O–H groups in total. The zero-order chi connectivity index (χ0) is 13.9. The standard InChI is InChI=1S/C18H23NO/c1-20-17-11-9-14(6-4-12-19)18-15-7-3-2-5-13(15)8-10-16(17)18/h2-3,5,7-8,10,14,17H,4,6,9,11-12,19H2,1H3. The van der Waals surface area contributed by atoms with Gasteiger partial charge in [-0.2, -0.15) is 0 Å². The lowest BCUT2D eigenvalue weighted by Crippen LogP contribution is -2.17. The van der Waals surface area contributed by atoms with Crippen molar-refractivity contribution in [2.75, 3.05) is 13.7 Å². The van der Waals surface area contributed by atoms with E-state index in [1.807, 2.05) is 7.11 Å². The smallest absolute Gasteiger partial charge is 0.0824 e. The van der Waals surface area contributed by atoms with Crippen LogP contribution < -0.4 is 5.73 Å². The average molecular weight is 269 g/mol. The number of fused-ring (bicyclic) bond motifs is 3. The lowest BCUT2D eigenvalue weighted by Gasteiger charge is -2.32. The second kappa shape index (κ2) is 5.94. The lowest BCUT2D eigenvalue weighted by atomic mass is 9.76. The van der Waals surface area contributed by atoms with E-state index in [-0.39, 0.29) is 6.10 Å². The van der Waals surface area contributed by atoms with Gasteiger partial charge in [0.1, 0.15) is 0 Å². The second-order valence-corrected chi connectivity index (χ2v) is 5.72. The molecule has 0 radical (unpaired) electrons. The molecule has 2 nitrogen and oxygen atoms in total. The number of ether oxygens (including phenoxy) is 1. The molecule has 106 valence electrons. The van der Waals surface area contributed by atoms with Crippen LogP contribution in [-0.4, -0.2) is 13.7 Å². The summed E-state index contributed by atoms with van der Waals surface area (Å²) < 4.78 is 5.69. The van der Waals surface area contributed by atoms with Crippen LogP contribution in [0.25, 0.3) is 10.8 Å². The van der Waals surface area contributed by atoms with Crippen molar-refractivity contribution < 1.29 is 4.74 Å². The monoisotopic (exact) mass is 269 g/mol. The number of hydrogen-bond acceptors (Lipinski definition) is 2. The molecule has 0 saturated carbocycles. The van der Waals surface area contributed by atoms with E-state index in [0.717, 1.165) is 19.4 Å². The maximum Gasteiger partial charge on any atom is 0.0824 e. The molecule has 0 aliphatic heterocycles. The third-order valence-electron chi connectivity index (χ3n) is 4.58. The Kier molecular flexibility index (Phi) is 4.04. The zero-order valence-electron chi connectivity index (χ0n) is 12.1. The number of methoxy groups -OCH3 is 1. The van der Waals surface area contributed by atoms with Crippen molar-refractivity contribution >= 4 is 10.8 Å². The fraction of sp³-hybridized carbons (Fsp3) is 0.444. The van der Waals surface area contributed by atoms with Gasteiger partial charge in [-0.1, -0.05) is 36.4 Å². The molecule has 1 aliphatic carbocycles. The first-order valence-electron chi connectivity index (χ1n) is 7.59. The first-order valence-corrected chi connectivity index (χ1v) is 7.59. The molecular formula is C18H23NO. The molecule has 2 heteroatoms. The molecule has 0 bridgehead atoms. The Balaban J connectivity index is 2.12. The van der Waals surface area contributed by atoms with E-state index in [9.17, 15) is 0 Å². The largest absolute Gasteiger partial charge is 0.377 e. The summed E-state index contributed by atoms with van der Waals surface area (Å²) in [5.74, 6) is 0.631. The third kappa shape index (κ3) is 2.34. The van der Waals surface area contributed by atoms with Gasteiger partial charge >= 0.3 is 0 Å². The van der Waals surface area contributed by atoms with Crippen LogP contribution in [0.5, 0.6) is 0 Å². The van der Waals surface area contributed by atoms with E-state index in [1.165, 1.54) is 34.7 Å². The lowest BCUT2D eigenvalue weighted by molar-refractivity contribution is 0.0839. The summed E-state index contributed by atoms with van der Waals surface area (Å²) in [4.78, 5) is 0. The molecule has 20 heavy (non-hydrogen) atoms. The summed E-state index contributed by atoms with van der Waals surface area (Å²) in [6, 6.07) is 13.2. The maximum absolute atomic E-state index is 5.71. The van der Waals surface area contributed by atoms with E-state index in [4.69, 9.17) is 10.5 Å². The number of rotatable bonds is 4. The normalized spacial score (nSPS) is 21.9. The summed E-state index contributed by atoms with van der Waals surface area (Å²) in [5.41, 5.74) is 8.60. The Morgan fingerprint density at radius 3 is 2.80 bits per heavy atom. The van der Waals surface area contributed by atoms with Crippen molar-refractivity contribution in [3.63, 3.8) is 0 Å². The van der Waals surface area contributed by atoms with Crippen LogP contribution in [0.4, 0.5) is 0 Å². The van der Waals surface area contributed by atoms with Crippen molar-refractivity contribution in [1.29, 1.82) is 0 Å². The Labute approximate surface area is 120 Å². The van der Waals surface area contributed by atoms with Gasteiger partial charge in [-0.3, -0.25) is 0 Å². The van der Waals surface area contributed by atoms with E-state index in [0.29, 0.717) is 5.92 Å². The van der Waals surface area contributed by atoms with Gasteiger partial charge in [-0.05, 0) is 60.0 Å². The van der Waals surface area contributed by atoms with Crippen molar-refractivity contribution in [3.05, 3.63) is 47.5 Å². The van der Waals surface area contributed by atoms with Crippen LogP contribution in [0.1, 0.15) is 48.8 Å². The highest BCUT2D eigenvalue weighted by Crippen LogP contribution is 2.44. The van der Waals surface area contributed by atoms with Gasteiger partial charge < -0.3 is 10.5 Å². The molecule has 2 atom stereocenters. The van der Waals surface area contributed by atoms with Gasteiger partial charge in [0.15, 0.2) is 0 Å². The zero-order valence-corrected chi connectivity index (χ0v) is 12.1. The van der Waals surface area contributed by atoms with E-state index in [2.05, 4.69) is 36.4 Å². The Morgan fingerprint density at radius 1 is 1.15 bits per heavy atom. The van der Waals surface area contributed by atoms with Crippen LogP contribution in [0.15, 0.2) is 36.4 Å². The molecule has 0 spiro atoms. The summed E-state index contributed by atoms with van der Waals surface area (Å²) in [6.45, 7) is 0.782. The number of benzene rings is 2. The van der Waals surface area contributed by atoms with Crippen LogP contribution in [0.2, 0.25) is 0 Å². The fourth-order valence-corrected chi connectivity index (χ4v) is 3.60. The van der Waals surface area contributed by atoms with Crippen LogP contribution in [0, 0.1) is 0 Å². The van der Waals surface area contributed by atoms with Gasteiger partial charge in [-0.25, -0.2) is 0 Å². The topological polar surface area (TPSA) is 35.2 Å². The summed E-state index contributed by atoms with van der Waals surface area (Å²) in [7, 11) is 1.82. The molecule has 0 aromatic heterocycles. The van der Waals surface area contributed by atoms with Gasteiger partial charge in [-0.15, -0.1) is 0 Å². The highest BCUT2D eigenvalue weighted by molar-refractivity contribution is 5.87. The summed E-state index contributed by atoms with van der Waals surface area (Å²) in [5, 5.41) is 2.73. The Hall–Kier alpha value is -1.38. The molecule has 3 rings (SSSR count). The molecule has 2 aromatic carbocycles. The van der Waals surface area contributed by atoms with E-state index >= 15 is 0 Å². The molecule has 2 aromatic rings. The summed E-state index contributed by atoms with van der Waals surface area (Å²) >= 11 is 0. The highest BCUT2D eigenvalue weighted by atomic mass is 16.5. The molecule has 0 amide bonds. The predicted molar refractivity (Wildman–Crippen MR) is 84.0 cm³/mol. The molecule has 1 aliphatic rings. The first kappa shape index (κ1) is 13.6. The summed E-state index contributed by atoms with van der Waals surface area (Å²) in [6.07, 6.45) is 4.87. The number of hydrogen-bond donors (Lipinski definition) is 1.